The number of thioether (sulfide) groups is 1. The molecular formula is C17H22N2O7S. The summed E-state index contributed by atoms with van der Waals surface area (Å²) in [6.45, 7) is 3.14. The third-order valence-electron chi connectivity index (χ3n) is 3.47. The molecule has 0 aliphatic heterocycles. The highest BCUT2D eigenvalue weighted by Gasteiger charge is 2.24. The molecule has 0 bridgehead atoms. The fraction of sp³-hybridized carbons (Fsp3) is 0.471. The standard InChI is InChI=1S/C17H22N2O7S/c1-10(2)7-12(17(22)25-3)18-15(20)9-26-16(21)11-5-6-14(27-4)13(8-11)19(23)24/h5-6,8,10,12H,7,9H2,1-4H3,(H,18,20)/t12-/m0/s1. The summed E-state index contributed by atoms with van der Waals surface area (Å²) in [7, 11) is 1.22. The average molecular weight is 398 g/mol. The quantitative estimate of drug-likeness (QED) is 0.290. The maximum absolute atomic E-state index is 12.1. The van der Waals surface area contributed by atoms with E-state index in [4.69, 9.17) is 4.74 Å². The topological polar surface area (TPSA) is 125 Å². The summed E-state index contributed by atoms with van der Waals surface area (Å²) in [4.78, 5) is 46.6. The van der Waals surface area contributed by atoms with Gasteiger partial charge in [-0.25, -0.2) is 9.59 Å². The van der Waals surface area contributed by atoms with Gasteiger partial charge in [-0.1, -0.05) is 13.8 Å². The van der Waals surface area contributed by atoms with E-state index < -0.39 is 35.4 Å². The van der Waals surface area contributed by atoms with Crippen LogP contribution in [0.25, 0.3) is 0 Å². The highest BCUT2D eigenvalue weighted by molar-refractivity contribution is 7.98. The van der Waals surface area contributed by atoms with Gasteiger partial charge >= 0.3 is 11.9 Å². The molecule has 1 amide bonds. The minimum atomic E-state index is -0.876. The van der Waals surface area contributed by atoms with E-state index in [2.05, 4.69) is 10.1 Å². The lowest BCUT2D eigenvalue weighted by Crippen LogP contribution is -2.44. The number of carbonyl (C=O) groups excluding carboxylic acids is 3. The van der Waals surface area contributed by atoms with E-state index in [1.807, 2.05) is 13.8 Å². The lowest BCUT2D eigenvalue weighted by Gasteiger charge is -2.18. The second-order valence-electron chi connectivity index (χ2n) is 5.99. The molecule has 0 aliphatic rings. The number of nitro benzene ring substituents is 1. The summed E-state index contributed by atoms with van der Waals surface area (Å²) in [5.41, 5.74) is -0.261. The van der Waals surface area contributed by atoms with E-state index in [1.54, 1.807) is 6.26 Å². The molecule has 0 fully saturated rings. The summed E-state index contributed by atoms with van der Waals surface area (Å²) in [6, 6.07) is 3.08. The first-order valence-corrected chi connectivity index (χ1v) is 9.28. The Labute approximate surface area is 160 Å². The van der Waals surface area contributed by atoms with Crippen LogP contribution in [0.15, 0.2) is 23.1 Å². The van der Waals surface area contributed by atoms with Crippen LogP contribution in [0, 0.1) is 16.0 Å². The van der Waals surface area contributed by atoms with Crippen molar-refractivity contribution >= 4 is 35.3 Å². The fourth-order valence-corrected chi connectivity index (χ4v) is 2.78. The van der Waals surface area contributed by atoms with Gasteiger partial charge in [-0.2, -0.15) is 0 Å². The van der Waals surface area contributed by atoms with Crippen molar-refractivity contribution in [3.05, 3.63) is 33.9 Å². The van der Waals surface area contributed by atoms with Crippen molar-refractivity contribution in [3.8, 4) is 0 Å². The first-order chi connectivity index (χ1) is 12.7. The van der Waals surface area contributed by atoms with Crippen molar-refractivity contribution in [1.29, 1.82) is 0 Å². The van der Waals surface area contributed by atoms with Gasteiger partial charge in [0, 0.05) is 6.07 Å². The molecule has 0 radical (unpaired) electrons. The normalized spacial score (nSPS) is 11.6. The summed E-state index contributed by atoms with van der Waals surface area (Å²) in [6.07, 6.45) is 2.05. The Hall–Kier alpha value is -2.62. The third kappa shape index (κ3) is 6.89. The molecule has 9 nitrogen and oxygen atoms in total. The summed E-state index contributed by atoms with van der Waals surface area (Å²) in [5.74, 6) is -2.01. The number of nitrogens with one attached hydrogen (secondary N) is 1. The van der Waals surface area contributed by atoms with Gasteiger partial charge in [0.05, 0.1) is 22.5 Å². The number of benzene rings is 1. The number of ether oxygens (including phenoxy) is 2. The molecule has 27 heavy (non-hydrogen) atoms. The number of amides is 1. The van der Waals surface area contributed by atoms with Crippen LogP contribution >= 0.6 is 11.8 Å². The van der Waals surface area contributed by atoms with Gasteiger partial charge in [0.1, 0.15) is 6.04 Å². The van der Waals surface area contributed by atoms with Gasteiger partial charge in [0.2, 0.25) is 0 Å². The van der Waals surface area contributed by atoms with E-state index in [0.717, 1.165) is 6.07 Å². The molecule has 1 aromatic carbocycles. The number of hydrogen-bond acceptors (Lipinski definition) is 8. The van der Waals surface area contributed by atoms with Crippen molar-refractivity contribution in [3.63, 3.8) is 0 Å². The van der Waals surface area contributed by atoms with Crippen molar-refractivity contribution < 1.29 is 28.8 Å². The number of methoxy groups -OCH3 is 1. The SMILES string of the molecule is COC(=O)[C@H](CC(C)C)NC(=O)COC(=O)c1ccc(SC)c([N+](=O)[O-])c1. The van der Waals surface area contributed by atoms with Crippen molar-refractivity contribution in [2.24, 2.45) is 5.92 Å². The smallest absolute Gasteiger partial charge is 0.338 e. The molecule has 1 aromatic rings. The number of nitro groups is 1. The third-order valence-corrected chi connectivity index (χ3v) is 4.26. The molecule has 1 atom stereocenters. The molecule has 0 saturated heterocycles. The predicted octanol–water partition coefficient (Wildman–Crippen LogP) is 2.18. The molecular weight excluding hydrogens is 376 g/mol. The molecule has 0 aliphatic carbocycles. The highest BCUT2D eigenvalue weighted by Crippen LogP contribution is 2.28. The maximum Gasteiger partial charge on any atom is 0.338 e. The van der Waals surface area contributed by atoms with Gasteiger partial charge in [-0.3, -0.25) is 14.9 Å². The predicted molar refractivity (Wildman–Crippen MR) is 98.6 cm³/mol. The highest BCUT2D eigenvalue weighted by atomic mass is 32.2. The number of carbonyl (C=O) groups is 3. The Kier molecular flexibility index (Phi) is 8.73. The van der Waals surface area contributed by atoms with Crippen LogP contribution in [0.3, 0.4) is 0 Å². The van der Waals surface area contributed by atoms with Gasteiger partial charge < -0.3 is 14.8 Å². The Morgan fingerprint density at radius 3 is 2.48 bits per heavy atom. The average Bonchev–Trinajstić information content (AvgIpc) is 2.63. The second-order valence-corrected chi connectivity index (χ2v) is 6.84. The number of hydrogen-bond donors (Lipinski definition) is 1. The molecule has 10 heteroatoms. The van der Waals surface area contributed by atoms with Crippen LogP contribution in [0.1, 0.15) is 30.6 Å². The van der Waals surface area contributed by atoms with Crippen molar-refractivity contribution in [2.45, 2.75) is 31.2 Å². The second kappa shape index (κ2) is 10.5. The van der Waals surface area contributed by atoms with E-state index in [0.29, 0.717) is 11.3 Å². The Morgan fingerprint density at radius 1 is 1.30 bits per heavy atom. The molecule has 0 heterocycles. The number of rotatable bonds is 9. The molecule has 1 N–H and O–H groups in total. The minimum absolute atomic E-state index is 0.0426. The monoisotopic (exact) mass is 398 g/mol. The summed E-state index contributed by atoms with van der Waals surface area (Å²) >= 11 is 1.18. The molecule has 0 unspecified atom stereocenters. The Balaban J connectivity index is 2.73. The Morgan fingerprint density at radius 2 is 1.96 bits per heavy atom. The fourth-order valence-electron chi connectivity index (χ4n) is 2.24. The van der Waals surface area contributed by atoms with E-state index in [1.165, 1.54) is 31.0 Å². The van der Waals surface area contributed by atoms with Crippen LogP contribution in [0.2, 0.25) is 0 Å². The largest absolute Gasteiger partial charge is 0.467 e. The lowest BCUT2D eigenvalue weighted by molar-refractivity contribution is -0.387. The first-order valence-electron chi connectivity index (χ1n) is 8.06. The first kappa shape index (κ1) is 22.4. The van der Waals surface area contributed by atoms with Crippen LogP contribution in [-0.2, 0) is 19.1 Å². The van der Waals surface area contributed by atoms with Gasteiger partial charge in [-0.15, -0.1) is 11.8 Å². The van der Waals surface area contributed by atoms with Crippen LogP contribution in [0.4, 0.5) is 5.69 Å². The van der Waals surface area contributed by atoms with Gasteiger partial charge in [0.25, 0.3) is 11.6 Å². The van der Waals surface area contributed by atoms with Gasteiger partial charge in [-0.05, 0) is 30.7 Å². The van der Waals surface area contributed by atoms with E-state index in [9.17, 15) is 24.5 Å². The Bertz CT molecular complexity index is 721. The van der Waals surface area contributed by atoms with Crippen LogP contribution < -0.4 is 5.32 Å². The van der Waals surface area contributed by atoms with E-state index >= 15 is 0 Å². The summed E-state index contributed by atoms with van der Waals surface area (Å²) in [5, 5.41) is 13.5. The van der Waals surface area contributed by atoms with Crippen LogP contribution in [0.5, 0.6) is 0 Å². The zero-order valence-electron chi connectivity index (χ0n) is 15.5. The summed E-state index contributed by atoms with van der Waals surface area (Å²) < 4.78 is 9.52. The lowest BCUT2D eigenvalue weighted by atomic mass is 10.0. The van der Waals surface area contributed by atoms with Crippen molar-refractivity contribution in [1.82, 2.24) is 5.32 Å². The zero-order chi connectivity index (χ0) is 20.6. The number of esters is 2. The maximum atomic E-state index is 12.1. The molecule has 0 spiro atoms. The molecule has 0 aromatic heterocycles. The van der Waals surface area contributed by atoms with Crippen LogP contribution in [-0.4, -0.2) is 48.8 Å². The van der Waals surface area contributed by atoms with Gasteiger partial charge in [0.15, 0.2) is 6.61 Å². The van der Waals surface area contributed by atoms with Crippen molar-refractivity contribution in [2.75, 3.05) is 20.0 Å². The molecule has 0 saturated carbocycles. The minimum Gasteiger partial charge on any atom is -0.467 e. The number of nitrogens with zero attached hydrogens (tertiary/aromatic N) is 1. The molecule has 148 valence electrons. The van der Waals surface area contributed by atoms with E-state index in [-0.39, 0.29) is 17.2 Å². The molecule has 1 rings (SSSR count). The zero-order valence-corrected chi connectivity index (χ0v) is 16.3.